The molecule has 0 N–H and O–H groups in total. The first-order chi connectivity index (χ1) is 14.2. The van der Waals surface area contributed by atoms with Crippen LogP contribution in [0.2, 0.25) is 0 Å². The van der Waals surface area contributed by atoms with Crippen molar-refractivity contribution in [2.75, 3.05) is 26.7 Å². The standard InChI is InChI=1S/C24H34N4O2/c1-17-6-7-21(28(15-17)23(29)30-24(2,3)4)19-10-13-27-16-20(25-22(27)14-19)18-8-11-26(5)12-9-18/h7,10,13-14,16-18H,6,8-9,11-12,15H2,1-5H3/t17-/m0/s1. The number of piperidine rings is 1. The molecule has 2 aromatic heterocycles. The number of aromatic nitrogens is 2. The van der Waals surface area contributed by atoms with Gasteiger partial charge in [-0.25, -0.2) is 9.78 Å². The van der Waals surface area contributed by atoms with Crippen molar-refractivity contribution in [2.45, 2.75) is 58.5 Å². The highest BCUT2D eigenvalue weighted by atomic mass is 16.6. The summed E-state index contributed by atoms with van der Waals surface area (Å²) in [6, 6.07) is 4.17. The van der Waals surface area contributed by atoms with E-state index in [1.807, 2.05) is 20.8 Å². The molecule has 0 unspecified atom stereocenters. The van der Waals surface area contributed by atoms with Crippen LogP contribution in [0.3, 0.4) is 0 Å². The van der Waals surface area contributed by atoms with Crippen molar-refractivity contribution < 1.29 is 9.53 Å². The molecule has 6 heteroatoms. The summed E-state index contributed by atoms with van der Waals surface area (Å²) in [4.78, 5) is 22.0. The number of carbonyl (C=O) groups excluding carboxylic acids is 1. The van der Waals surface area contributed by atoms with Gasteiger partial charge >= 0.3 is 6.09 Å². The Kier molecular flexibility index (Phi) is 5.62. The number of hydrogen-bond acceptors (Lipinski definition) is 4. The van der Waals surface area contributed by atoms with Gasteiger partial charge in [0, 0.05) is 30.4 Å². The molecule has 0 aliphatic carbocycles. The molecule has 4 rings (SSSR count). The zero-order valence-electron chi connectivity index (χ0n) is 18.9. The molecule has 2 aliphatic heterocycles. The minimum absolute atomic E-state index is 0.282. The third kappa shape index (κ3) is 4.53. The average Bonchev–Trinajstić information content (AvgIpc) is 3.10. The Morgan fingerprint density at radius 1 is 1.23 bits per heavy atom. The van der Waals surface area contributed by atoms with Crippen molar-refractivity contribution in [3.63, 3.8) is 0 Å². The third-order valence-electron chi connectivity index (χ3n) is 6.02. The predicted octanol–water partition coefficient (Wildman–Crippen LogP) is 4.76. The van der Waals surface area contributed by atoms with Crippen molar-refractivity contribution in [3.05, 3.63) is 41.9 Å². The summed E-state index contributed by atoms with van der Waals surface area (Å²) in [6.45, 7) is 10.8. The number of carbonyl (C=O) groups is 1. The van der Waals surface area contributed by atoms with Gasteiger partial charge in [-0.3, -0.25) is 4.90 Å². The first-order valence-corrected chi connectivity index (χ1v) is 11.1. The fraction of sp³-hybridized carbons (Fsp3) is 0.583. The molecule has 0 spiro atoms. The van der Waals surface area contributed by atoms with Crippen LogP contribution in [-0.4, -0.2) is 57.6 Å². The molecule has 0 saturated carbocycles. The minimum Gasteiger partial charge on any atom is -0.443 e. The van der Waals surface area contributed by atoms with Gasteiger partial charge in [0.1, 0.15) is 11.2 Å². The predicted molar refractivity (Wildman–Crippen MR) is 119 cm³/mol. The van der Waals surface area contributed by atoms with Gasteiger partial charge in [-0.05, 0) is 78.2 Å². The van der Waals surface area contributed by atoms with Crippen molar-refractivity contribution in [1.82, 2.24) is 19.2 Å². The molecule has 2 aliphatic rings. The highest BCUT2D eigenvalue weighted by molar-refractivity contribution is 5.83. The molecule has 0 radical (unpaired) electrons. The Morgan fingerprint density at radius 3 is 2.67 bits per heavy atom. The summed E-state index contributed by atoms with van der Waals surface area (Å²) in [5, 5.41) is 0. The largest absolute Gasteiger partial charge is 0.443 e. The summed E-state index contributed by atoms with van der Waals surface area (Å²) in [5.74, 6) is 0.935. The smallest absolute Gasteiger partial charge is 0.414 e. The summed E-state index contributed by atoms with van der Waals surface area (Å²) in [6.07, 6.45) is 9.36. The van der Waals surface area contributed by atoms with Crippen LogP contribution in [0.4, 0.5) is 4.79 Å². The van der Waals surface area contributed by atoms with Crippen molar-refractivity contribution in [1.29, 1.82) is 0 Å². The van der Waals surface area contributed by atoms with Gasteiger partial charge in [0.05, 0.1) is 11.4 Å². The van der Waals surface area contributed by atoms with Gasteiger partial charge in [0.2, 0.25) is 0 Å². The number of hydrogen-bond donors (Lipinski definition) is 0. The normalized spacial score (nSPS) is 21.7. The topological polar surface area (TPSA) is 50.1 Å². The number of nitrogens with zero attached hydrogens (tertiary/aromatic N) is 4. The number of imidazole rings is 1. The molecule has 4 heterocycles. The van der Waals surface area contributed by atoms with Crippen LogP contribution < -0.4 is 0 Å². The summed E-state index contributed by atoms with van der Waals surface area (Å²) in [7, 11) is 2.18. The highest BCUT2D eigenvalue weighted by Gasteiger charge is 2.29. The molecular formula is C24H34N4O2. The monoisotopic (exact) mass is 410 g/mol. The second-order valence-corrected chi connectivity index (χ2v) is 9.95. The van der Waals surface area contributed by atoms with Crippen LogP contribution in [0.5, 0.6) is 0 Å². The van der Waals surface area contributed by atoms with Gasteiger partial charge in [-0.2, -0.15) is 0 Å². The Hall–Kier alpha value is -2.34. The molecule has 1 fully saturated rings. The lowest BCUT2D eigenvalue weighted by Gasteiger charge is -2.33. The van der Waals surface area contributed by atoms with Gasteiger partial charge in [0.25, 0.3) is 0 Å². The number of likely N-dealkylation sites (tertiary alicyclic amines) is 1. The van der Waals surface area contributed by atoms with Crippen LogP contribution in [0.25, 0.3) is 11.3 Å². The molecule has 30 heavy (non-hydrogen) atoms. The van der Waals surface area contributed by atoms with Crippen molar-refractivity contribution in [3.8, 4) is 0 Å². The molecule has 162 valence electrons. The Balaban J connectivity index is 1.61. The highest BCUT2D eigenvalue weighted by Crippen LogP contribution is 2.31. The van der Waals surface area contributed by atoms with Crippen LogP contribution in [-0.2, 0) is 4.74 Å². The maximum absolute atomic E-state index is 12.9. The van der Waals surface area contributed by atoms with E-state index in [0.29, 0.717) is 18.4 Å². The van der Waals surface area contributed by atoms with E-state index in [-0.39, 0.29) is 6.09 Å². The number of rotatable bonds is 2. The van der Waals surface area contributed by atoms with E-state index < -0.39 is 5.60 Å². The Morgan fingerprint density at radius 2 is 1.97 bits per heavy atom. The maximum atomic E-state index is 12.9. The van der Waals surface area contributed by atoms with Gasteiger partial charge in [0.15, 0.2) is 0 Å². The number of pyridine rings is 1. The molecule has 2 aromatic rings. The van der Waals surface area contributed by atoms with E-state index in [1.54, 1.807) is 4.90 Å². The van der Waals surface area contributed by atoms with Crippen LogP contribution >= 0.6 is 0 Å². The lowest BCUT2D eigenvalue weighted by Crippen LogP contribution is -2.39. The molecule has 6 nitrogen and oxygen atoms in total. The zero-order chi connectivity index (χ0) is 21.5. The van der Waals surface area contributed by atoms with Gasteiger partial charge < -0.3 is 14.0 Å². The Labute approximate surface area is 179 Å². The number of fused-ring (bicyclic) bond motifs is 1. The van der Waals surface area contributed by atoms with Crippen molar-refractivity contribution in [2.24, 2.45) is 5.92 Å². The number of amides is 1. The SMILES string of the molecule is C[C@H]1CC=C(c2ccn3cc(C4CCN(C)CC4)nc3c2)N(C(=O)OC(C)(C)C)C1. The minimum atomic E-state index is -0.515. The fourth-order valence-corrected chi connectivity index (χ4v) is 4.33. The second kappa shape index (κ2) is 8.06. The van der Waals surface area contributed by atoms with Gasteiger partial charge in [-0.1, -0.05) is 13.0 Å². The number of allylic oxidation sites excluding steroid dienone is 1. The summed E-state index contributed by atoms with van der Waals surface area (Å²) in [5.41, 5.74) is 3.54. The van der Waals surface area contributed by atoms with E-state index in [9.17, 15) is 4.79 Å². The lowest BCUT2D eigenvalue weighted by molar-refractivity contribution is 0.0327. The van der Waals surface area contributed by atoms with E-state index >= 15 is 0 Å². The molecule has 1 atom stereocenters. The van der Waals surface area contributed by atoms with E-state index in [4.69, 9.17) is 9.72 Å². The first-order valence-electron chi connectivity index (χ1n) is 11.1. The summed E-state index contributed by atoms with van der Waals surface area (Å²) < 4.78 is 7.78. The van der Waals surface area contributed by atoms with Crippen LogP contribution in [0.15, 0.2) is 30.6 Å². The van der Waals surface area contributed by atoms with Crippen LogP contribution in [0, 0.1) is 5.92 Å². The van der Waals surface area contributed by atoms with Crippen molar-refractivity contribution >= 4 is 17.4 Å². The molecular weight excluding hydrogens is 376 g/mol. The first kappa shape index (κ1) is 20.9. The second-order valence-electron chi connectivity index (χ2n) is 9.95. The van der Waals surface area contributed by atoms with E-state index in [0.717, 1.165) is 49.3 Å². The molecule has 0 aromatic carbocycles. The molecule has 1 saturated heterocycles. The molecule has 1 amide bonds. The molecule has 0 bridgehead atoms. The lowest BCUT2D eigenvalue weighted by atomic mass is 9.94. The number of ether oxygens (including phenoxy) is 1. The maximum Gasteiger partial charge on any atom is 0.414 e. The fourth-order valence-electron chi connectivity index (χ4n) is 4.33. The Bertz CT molecular complexity index is 948. The van der Waals surface area contributed by atoms with E-state index in [2.05, 4.69) is 53.9 Å². The average molecular weight is 411 g/mol. The van der Waals surface area contributed by atoms with E-state index in [1.165, 1.54) is 5.69 Å². The van der Waals surface area contributed by atoms with Crippen LogP contribution in [0.1, 0.15) is 64.1 Å². The quantitative estimate of drug-likeness (QED) is 0.716. The van der Waals surface area contributed by atoms with Gasteiger partial charge in [-0.15, -0.1) is 0 Å². The zero-order valence-corrected chi connectivity index (χ0v) is 18.9. The third-order valence-corrected chi connectivity index (χ3v) is 6.02. The summed E-state index contributed by atoms with van der Waals surface area (Å²) >= 11 is 0.